The Hall–Kier alpha value is -2.55. The van der Waals surface area contributed by atoms with Crippen molar-refractivity contribution in [1.82, 2.24) is 9.80 Å². The van der Waals surface area contributed by atoms with E-state index in [0.29, 0.717) is 37.6 Å². The second-order valence-electron chi connectivity index (χ2n) is 10.3. The van der Waals surface area contributed by atoms with Crippen LogP contribution < -0.4 is 4.90 Å². The summed E-state index contributed by atoms with van der Waals surface area (Å²) < 4.78 is 13.2. The number of nitriles is 1. The van der Waals surface area contributed by atoms with Gasteiger partial charge in [-0.1, -0.05) is 20.8 Å². The minimum atomic E-state index is -0.250. The standard InChI is InChI=1S/C24H31FN4O/c1-23(2)12-21-13-24(3,16-23)17-29(21)15-18(14-26)22(30)28-10-8-27(9-11-28)20-6-4-19(25)5-7-20/h4-7,15,21H,8-13,16-17H2,1-3H3/b18-15-. The van der Waals surface area contributed by atoms with Crippen LogP contribution in [0.1, 0.15) is 40.0 Å². The van der Waals surface area contributed by atoms with Crippen LogP contribution in [0.2, 0.25) is 0 Å². The van der Waals surface area contributed by atoms with Crippen LogP contribution in [0.5, 0.6) is 0 Å². The predicted octanol–water partition coefficient (Wildman–Crippen LogP) is 3.78. The lowest BCUT2D eigenvalue weighted by molar-refractivity contribution is -0.127. The second kappa shape index (κ2) is 7.61. The van der Waals surface area contributed by atoms with Crippen molar-refractivity contribution in [1.29, 1.82) is 5.26 Å². The minimum Gasteiger partial charge on any atom is -0.373 e. The number of hydrogen-bond acceptors (Lipinski definition) is 4. The van der Waals surface area contributed by atoms with Crippen LogP contribution in [-0.2, 0) is 4.79 Å². The van der Waals surface area contributed by atoms with E-state index in [4.69, 9.17) is 0 Å². The smallest absolute Gasteiger partial charge is 0.266 e. The highest BCUT2D eigenvalue weighted by atomic mass is 19.1. The zero-order valence-electron chi connectivity index (χ0n) is 18.2. The number of fused-ring (bicyclic) bond motifs is 2. The molecule has 4 rings (SSSR count). The topological polar surface area (TPSA) is 50.6 Å². The summed E-state index contributed by atoms with van der Waals surface area (Å²) in [5.74, 6) is -0.429. The van der Waals surface area contributed by atoms with Crippen molar-refractivity contribution in [3.63, 3.8) is 0 Å². The molecule has 1 amide bonds. The van der Waals surface area contributed by atoms with Crippen molar-refractivity contribution in [2.24, 2.45) is 10.8 Å². The van der Waals surface area contributed by atoms with Crippen LogP contribution in [0.4, 0.5) is 10.1 Å². The number of piperazine rings is 1. The molecule has 6 heteroatoms. The number of likely N-dealkylation sites (tertiary alicyclic amines) is 1. The highest BCUT2D eigenvalue weighted by molar-refractivity contribution is 5.97. The van der Waals surface area contributed by atoms with Gasteiger partial charge in [0.05, 0.1) is 0 Å². The lowest BCUT2D eigenvalue weighted by atomic mass is 9.65. The van der Waals surface area contributed by atoms with Gasteiger partial charge in [0.2, 0.25) is 0 Å². The van der Waals surface area contributed by atoms with Gasteiger partial charge < -0.3 is 14.7 Å². The van der Waals surface area contributed by atoms with Crippen molar-refractivity contribution in [2.45, 2.75) is 46.1 Å². The van der Waals surface area contributed by atoms with Gasteiger partial charge in [0.1, 0.15) is 17.5 Å². The molecule has 0 radical (unpaired) electrons. The Bertz CT molecular complexity index is 879. The number of rotatable bonds is 3. The van der Waals surface area contributed by atoms with Gasteiger partial charge in [0.15, 0.2) is 0 Å². The van der Waals surface area contributed by atoms with E-state index in [1.165, 1.54) is 18.6 Å². The van der Waals surface area contributed by atoms with Crippen molar-refractivity contribution in [2.75, 3.05) is 37.6 Å². The number of amides is 1. The summed E-state index contributed by atoms with van der Waals surface area (Å²) in [5.41, 5.74) is 1.75. The molecule has 2 heterocycles. The van der Waals surface area contributed by atoms with Crippen molar-refractivity contribution < 1.29 is 9.18 Å². The molecule has 160 valence electrons. The van der Waals surface area contributed by atoms with Gasteiger partial charge in [0.25, 0.3) is 5.91 Å². The van der Waals surface area contributed by atoms with E-state index in [0.717, 1.165) is 25.1 Å². The largest absolute Gasteiger partial charge is 0.373 e. The number of nitrogens with zero attached hydrogens (tertiary/aromatic N) is 4. The van der Waals surface area contributed by atoms with Gasteiger partial charge in [-0.25, -0.2) is 4.39 Å². The molecular weight excluding hydrogens is 379 g/mol. The predicted molar refractivity (Wildman–Crippen MR) is 115 cm³/mol. The number of anilines is 1. The minimum absolute atomic E-state index is 0.179. The first-order chi connectivity index (χ1) is 14.2. The summed E-state index contributed by atoms with van der Waals surface area (Å²) in [6, 6.07) is 9.01. The Labute approximate surface area is 178 Å². The zero-order chi connectivity index (χ0) is 21.5. The molecular formula is C24H31FN4O. The van der Waals surface area contributed by atoms with E-state index >= 15 is 0 Å². The van der Waals surface area contributed by atoms with Crippen LogP contribution in [0.3, 0.4) is 0 Å². The van der Waals surface area contributed by atoms with E-state index in [9.17, 15) is 14.4 Å². The first-order valence-corrected chi connectivity index (χ1v) is 10.9. The summed E-state index contributed by atoms with van der Waals surface area (Å²) >= 11 is 0. The fourth-order valence-electron chi connectivity index (χ4n) is 5.94. The molecule has 1 saturated carbocycles. The molecule has 1 aromatic carbocycles. The van der Waals surface area contributed by atoms with E-state index in [1.54, 1.807) is 17.0 Å². The Kier molecular flexibility index (Phi) is 5.25. The van der Waals surface area contributed by atoms with E-state index in [-0.39, 0.29) is 22.7 Å². The third-order valence-electron chi connectivity index (χ3n) is 6.86. The Morgan fingerprint density at radius 1 is 1.13 bits per heavy atom. The highest BCUT2D eigenvalue weighted by Crippen LogP contribution is 2.52. The number of hydrogen-bond donors (Lipinski definition) is 0. The summed E-state index contributed by atoms with van der Waals surface area (Å²) in [6.07, 6.45) is 5.24. The normalized spacial score (nSPS) is 28.4. The van der Waals surface area contributed by atoms with Crippen molar-refractivity contribution >= 4 is 11.6 Å². The van der Waals surface area contributed by atoms with Gasteiger partial charge >= 0.3 is 0 Å². The molecule has 2 bridgehead atoms. The molecule has 3 aliphatic rings. The second-order valence-corrected chi connectivity index (χ2v) is 10.3. The SMILES string of the molecule is CC1(C)CC2CC(C)(CN2/C=C(/C#N)C(=O)N2CCN(c3ccc(F)cc3)CC2)C1. The fourth-order valence-corrected chi connectivity index (χ4v) is 5.94. The number of carbonyl (C=O) groups is 1. The molecule has 0 aromatic heterocycles. The summed E-state index contributed by atoms with van der Waals surface area (Å²) in [6.45, 7) is 10.4. The molecule has 2 unspecified atom stereocenters. The van der Waals surface area contributed by atoms with Gasteiger partial charge in [-0.3, -0.25) is 4.79 Å². The van der Waals surface area contributed by atoms with Crippen LogP contribution in [0, 0.1) is 28.0 Å². The Morgan fingerprint density at radius 2 is 1.80 bits per heavy atom. The van der Waals surface area contributed by atoms with Gasteiger partial charge in [-0.2, -0.15) is 5.26 Å². The molecule has 1 aromatic rings. The molecule has 30 heavy (non-hydrogen) atoms. The molecule has 2 saturated heterocycles. The highest BCUT2D eigenvalue weighted by Gasteiger charge is 2.49. The average Bonchev–Trinajstić information content (AvgIpc) is 2.94. The number of carbonyl (C=O) groups excluding carboxylic acids is 1. The molecule has 2 aliphatic heterocycles. The Morgan fingerprint density at radius 3 is 2.43 bits per heavy atom. The third kappa shape index (κ3) is 4.16. The first kappa shape index (κ1) is 20.7. The van der Waals surface area contributed by atoms with Crippen LogP contribution in [-0.4, -0.2) is 54.5 Å². The fraction of sp³-hybridized carbons (Fsp3) is 0.583. The van der Waals surface area contributed by atoms with Crippen molar-refractivity contribution in [3.05, 3.63) is 41.9 Å². The summed E-state index contributed by atoms with van der Waals surface area (Å²) in [7, 11) is 0. The zero-order valence-corrected chi connectivity index (χ0v) is 18.2. The van der Waals surface area contributed by atoms with Crippen molar-refractivity contribution in [3.8, 4) is 6.07 Å². The maximum Gasteiger partial charge on any atom is 0.266 e. The van der Waals surface area contributed by atoms with E-state index in [1.807, 2.05) is 6.20 Å². The lowest BCUT2D eigenvalue weighted by Crippen LogP contribution is -2.49. The number of benzene rings is 1. The molecule has 3 fully saturated rings. The summed E-state index contributed by atoms with van der Waals surface area (Å²) in [4.78, 5) is 19.2. The maximum absolute atomic E-state index is 13.2. The average molecular weight is 411 g/mol. The monoisotopic (exact) mass is 410 g/mol. The Balaban J connectivity index is 1.41. The quantitative estimate of drug-likeness (QED) is 0.562. The van der Waals surface area contributed by atoms with Crippen LogP contribution >= 0.6 is 0 Å². The van der Waals surface area contributed by atoms with Gasteiger partial charge in [-0.15, -0.1) is 0 Å². The molecule has 0 spiro atoms. The molecule has 0 N–H and O–H groups in total. The van der Waals surface area contributed by atoms with Gasteiger partial charge in [-0.05, 0) is 54.4 Å². The van der Waals surface area contributed by atoms with Crippen LogP contribution in [0.15, 0.2) is 36.0 Å². The first-order valence-electron chi connectivity index (χ1n) is 10.9. The van der Waals surface area contributed by atoms with E-state index < -0.39 is 0 Å². The number of halogens is 1. The third-order valence-corrected chi connectivity index (χ3v) is 6.86. The molecule has 5 nitrogen and oxygen atoms in total. The van der Waals surface area contributed by atoms with Crippen LogP contribution in [0.25, 0.3) is 0 Å². The summed E-state index contributed by atoms with van der Waals surface area (Å²) in [5, 5.41) is 9.71. The molecule has 1 aliphatic carbocycles. The lowest BCUT2D eigenvalue weighted by Gasteiger charge is -2.39. The maximum atomic E-state index is 13.2. The molecule has 2 atom stereocenters. The van der Waals surface area contributed by atoms with Gasteiger partial charge in [0, 0.05) is 50.7 Å². The van der Waals surface area contributed by atoms with E-state index in [2.05, 4.69) is 36.6 Å².